The van der Waals surface area contributed by atoms with E-state index in [1.54, 1.807) is 11.0 Å². The van der Waals surface area contributed by atoms with Gasteiger partial charge in [0, 0.05) is 18.6 Å². The highest BCUT2D eigenvalue weighted by Gasteiger charge is 2.55. The zero-order chi connectivity index (χ0) is 25.3. The minimum atomic E-state index is -0.273. The molecule has 36 heavy (non-hydrogen) atoms. The number of aromatic hydroxyl groups is 1. The molecule has 1 spiro atoms. The van der Waals surface area contributed by atoms with Crippen LogP contribution in [0.25, 0.3) is 0 Å². The number of hydrogen-bond acceptors (Lipinski definition) is 5. The third kappa shape index (κ3) is 4.54. The number of aromatic nitrogens is 1. The number of anilines is 1. The van der Waals surface area contributed by atoms with Crippen molar-refractivity contribution in [3.8, 4) is 5.75 Å². The second-order valence-corrected chi connectivity index (χ2v) is 11.0. The number of carbonyl (C=O) groups excluding carboxylic acids is 2. The molecular formula is C28H37N5O3. The van der Waals surface area contributed by atoms with E-state index in [9.17, 15) is 14.7 Å². The van der Waals surface area contributed by atoms with E-state index in [0.717, 1.165) is 32.2 Å². The zero-order valence-electron chi connectivity index (χ0n) is 21.3. The van der Waals surface area contributed by atoms with Gasteiger partial charge < -0.3 is 20.2 Å². The van der Waals surface area contributed by atoms with Gasteiger partial charge in [-0.05, 0) is 76.2 Å². The molecule has 5 rings (SSSR count). The Morgan fingerprint density at radius 1 is 1.11 bits per heavy atom. The third-order valence-corrected chi connectivity index (χ3v) is 8.75. The van der Waals surface area contributed by atoms with Crippen LogP contribution in [0.5, 0.6) is 5.75 Å². The lowest BCUT2D eigenvalue weighted by atomic mass is 9.68. The van der Waals surface area contributed by atoms with Crippen LogP contribution in [-0.2, 0) is 10.3 Å². The molecule has 1 saturated heterocycles. The number of carbonyl (C=O) groups is 2. The summed E-state index contributed by atoms with van der Waals surface area (Å²) in [6.07, 6.45) is 8.65. The van der Waals surface area contributed by atoms with Crippen molar-refractivity contribution < 1.29 is 14.7 Å². The van der Waals surface area contributed by atoms with Crippen LogP contribution in [0.15, 0.2) is 48.7 Å². The van der Waals surface area contributed by atoms with Gasteiger partial charge in [0.2, 0.25) is 5.91 Å². The molecule has 0 bridgehead atoms. The van der Waals surface area contributed by atoms with Crippen LogP contribution >= 0.6 is 0 Å². The van der Waals surface area contributed by atoms with Crippen molar-refractivity contribution in [1.29, 1.82) is 0 Å². The number of nitrogens with zero attached hydrogens (tertiary/aromatic N) is 4. The van der Waals surface area contributed by atoms with E-state index in [1.165, 1.54) is 37.1 Å². The van der Waals surface area contributed by atoms with Gasteiger partial charge in [-0.3, -0.25) is 9.69 Å². The summed E-state index contributed by atoms with van der Waals surface area (Å²) in [7, 11) is 4.32. The van der Waals surface area contributed by atoms with E-state index in [1.807, 2.05) is 0 Å². The fraction of sp³-hybridized carbons (Fsp3) is 0.536. The Balaban J connectivity index is 1.33. The minimum Gasteiger partial charge on any atom is -0.506 e. The highest BCUT2D eigenvalue weighted by atomic mass is 16.3. The summed E-state index contributed by atoms with van der Waals surface area (Å²) in [4.78, 5) is 36.7. The summed E-state index contributed by atoms with van der Waals surface area (Å²) in [6, 6.07) is 13.7. The Morgan fingerprint density at radius 3 is 2.42 bits per heavy atom. The predicted octanol–water partition coefficient (Wildman–Crippen LogP) is 4.03. The van der Waals surface area contributed by atoms with Crippen LogP contribution in [0, 0.1) is 5.92 Å². The van der Waals surface area contributed by atoms with E-state index >= 15 is 0 Å². The summed E-state index contributed by atoms with van der Waals surface area (Å²) in [5.74, 6) is 0.694. The fourth-order valence-corrected chi connectivity index (χ4v) is 6.33. The van der Waals surface area contributed by atoms with E-state index in [4.69, 9.17) is 0 Å². The molecule has 2 saturated carbocycles. The second-order valence-electron chi connectivity index (χ2n) is 11.0. The summed E-state index contributed by atoms with van der Waals surface area (Å²) in [5, 5.41) is 12.2. The topological polar surface area (TPSA) is 89.0 Å². The molecule has 2 heterocycles. The van der Waals surface area contributed by atoms with Gasteiger partial charge in [0.15, 0.2) is 0 Å². The summed E-state index contributed by atoms with van der Waals surface area (Å²) < 4.78 is 0. The van der Waals surface area contributed by atoms with Gasteiger partial charge in [0.25, 0.3) is 0 Å². The van der Waals surface area contributed by atoms with Crippen molar-refractivity contribution >= 4 is 17.8 Å². The van der Waals surface area contributed by atoms with Crippen molar-refractivity contribution in [2.45, 2.75) is 56.0 Å². The molecule has 3 aliphatic rings. The van der Waals surface area contributed by atoms with Crippen LogP contribution in [0.1, 0.15) is 50.5 Å². The van der Waals surface area contributed by atoms with E-state index in [2.05, 4.69) is 64.5 Å². The predicted molar refractivity (Wildman–Crippen MR) is 139 cm³/mol. The van der Waals surface area contributed by atoms with Crippen molar-refractivity contribution in [1.82, 2.24) is 19.7 Å². The first-order chi connectivity index (χ1) is 17.3. The minimum absolute atomic E-state index is 0.00180. The maximum Gasteiger partial charge on any atom is 0.321 e. The quantitative estimate of drug-likeness (QED) is 0.610. The molecule has 0 radical (unpaired) electrons. The highest BCUT2D eigenvalue weighted by Crippen LogP contribution is 2.49. The zero-order valence-corrected chi connectivity index (χ0v) is 21.3. The lowest BCUT2D eigenvalue weighted by molar-refractivity contribution is -0.116. The molecular weight excluding hydrogens is 454 g/mol. The Bertz CT molecular complexity index is 1080. The largest absolute Gasteiger partial charge is 0.506 e. The molecule has 2 aromatic rings. The van der Waals surface area contributed by atoms with Crippen molar-refractivity contribution in [3.05, 3.63) is 54.2 Å². The van der Waals surface area contributed by atoms with Gasteiger partial charge in [0.05, 0.1) is 11.7 Å². The molecule has 3 amide bonds. The molecule has 3 fully saturated rings. The molecule has 8 heteroatoms. The average Bonchev–Trinajstić information content (AvgIpc) is 3.08. The number of urea groups is 1. The molecule has 192 valence electrons. The molecule has 0 atom stereocenters. The van der Waals surface area contributed by atoms with Crippen LogP contribution in [0.4, 0.5) is 10.6 Å². The smallest absolute Gasteiger partial charge is 0.321 e. The first-order valence-electron chi connectivity index (χ1n) is 13.1. The standard InChI is InChI=1S/C28H37N5O3/c1-31(2)28(22-9-4-3-5-10-22)15-13-27(14-16-28)20-32(26(36)33(27)18-21-7-6-8-21)19-25(35)30-24-12-11-23(34)17-29-24/h3-5,9-12,17,21,34H,6-8,13-16,18-20H2,1-2H3,(H,29,30,35)/t27-,28-. The molecule has 2 aliphatic carbocycles. The number of amides is 3. The Hall–Kier alpha value is -3.13. The van der Waals surface area contributed by atoms with Crippen molar-refractivity contribution in [2.75, 3.05) is 39.0 Å². The second kappa shape index (κ2) is 9.73. The lowest BCUT2D eigenvalue weighted by Gasteiger charge is -2.51. The van der Waals surface area contributed by atoms with Gasteiger partial charge in [-0.25, -0.2) is 9.78 Å². The van der Waals surface area contributed by atoms with Gasteiger partial charge in [-0.15, -0.1) is 0 Å². The number of benzene rings is 1. The van der Waals surface area contributed by atoms with Gasteiger partial charge in [-0.2, -0.15) is 0 Å². The molecule has 1 aromatic heterocycles. The Labute approximate surface area is 213 Å². The van der Waals surface area contributed by atoms with Gasteiger partial charge >= 0.3 is 6.03 Å². The van der Waals surface area contributed by atoms with Crippen LogP contribution in [0.2, 0.25) is 0 Å². The normalized spacial score (nSPS) is 26.5. The maximum absolute atomic E-state index is 13.7. The SMILES string of the molecule is CN(C)[C@]1(c2ccccc2)CC[C@@]2(CC1)CN(CC(=O)Nc1ccc(O)cn1)C(=O)N2CC1CCC1. The van der Waals surface area contributed by atoms with Gasteiger partial charge in [-0.1, -0.05) is 36.8 Å². The van der Waals surface area contributed by atoms with Crippen LogP contribution in [0.3, 0.4) is 0 Å². The number of rotatable bonds is 7. The monoisotopic (exact) mass is 491 g/mol. The number of hydrogen-bond donors (Lipinski definition) is 2. The number of pyridine rings is 1. The number of nitrogens with one attached hydrogen (secondary N) is 1. The molecule has 8 nitrogen and oxygen atoms in total. The summed E-state index contributed by atoms with van der Waals surface area (Å²) >= 11 is 0. The lowest BCUT2D eigenvalue weighted by Crippen LogP contribution is -2.56. The molecule has 1 aliphatic heterocycles. The first kappa shape index (κ1) is 24.6. The average molecular weight is 492 g/mol. The van der Waals surface area contributed by atoms with E-state index in [0.29, 0.717) is 18.3 Å². The Morgan fingerprint density at radius 2 is 1.83 bits per heavy atom. The summed E-state index contributed by atoms with van der Waals surface area (Å²) in [6.45, 7) is 1.37. The molecule has 0 unspecified atom stereocenters. The van der Waals surface area contributed by atoms with Crippen molar-refractivity contribution in [3.63, 3.8) is 0 Å². The fourth-order valence-electron chi connectivity index (χ4n) is 6.33. The van der Waals surface area contributed by atoms with Crippen LogP contribution in [-0.4, -0.2) is 76.0 Å². The van der Waals surface area contributed by atoms with Crippen LogP contribution < -0.4 is 5.32 Å². The maximum atomic E-state index is 13.7. The highest BCUT2D eigenvalue weighted by molar-refractivity contribution is 5.94. The Kier molecular flexibility index (Phi) is 6.64. The molecule has 1 aromatic carbocycles. The van der Waals surface area contributed by atoms with Crippen molar-refractivity contribution in [2.24, 2.45) is 5.92 Å². The summed E-state index contributed by atoms with van der Waals surface area (Å²) in [5.41, 5.74) is 1.04. The van der Waals surface area contributed by atoms with E-state index < -0.39 is 0 Å². The molecule has 2 N–H and O–H groups in total. The first-order valence-corrected chi connectivity index (χ1v) is 13.1. The third-order valence-electron chi connectivity index (χ3n) is 8.75. The van der Waals surface area contributed by atoms with E-state index in [-0.39, 0.29) is 35.3 Å². The van der Waals surface area contributed by atoms with Gasteiger partial charge in [0.1, 0.15) is 18.1 Å².